The Morgan fingerprint density at radius 2 is 1.77 bits per heavy atom. The molecule has 1 aliphatic rings. The van der Waals surface area contributed by atoms with Gasteiger partial charge in [-0.15, -0.1) is 0 Å². The van der Waals surface area contributed by atoms with Gasteiger partial charge in [-0.3, -0.25) is 4.79 Å². The Morgan fingerprint density at radius 1 is 1.09 bits per heavy atom. The standard InChI is InChI=1S/C14H17N5O3/c15-4-8-12(9(5-16)14(20)19(18)13(8)17)7-1-2-10-11(3-7)22-6-21-10/h1-3H,4-6,15-18H2. The topological polar surface area (TPSA) is 145 Å². The highest BCUT2D eigenvalue weighted by Crippen LogP contribution is 2.38. The van der Waals surface area contributed by atoms with Gasteiger partial charge >= 0.3 is 0 Å². The van der Waals surface area contributed by atoms with Gasteiger partial charge in [0.15, 0.2) is 11.5 Å². The zero-order valence-corrected chi connectivity index (χ0v) is 11.8. The fourth-order valence-electron chi connectivity index (χ4n) is 2.61. The number of benzene rings is 1. The number of hydrogen-bond acceptors (Lipinski definition) is 7. The Hall–Kier alpha value is -2.71. The maximum atomic E-state index is 12.3. The van der Waals surface area contributed by atoms with Gasteiger partial charge in [0.2, 0.25) is 6.79 Å². The Balaban J connectivity index is 2.32. The zero-order valence-electron chi connectivity index (χ0n) is 11.8. The van der Waals surface area contributed by atoms with E-state index in [0.29, 0.717) is 28.2 Å². The van der Waals surface area contributed by atoms with Gasteiger partial charge in [-0.2, -0.15) is 0 Å². The summed E-state index contributed by atoms with van der Waals surface area (Å²) in [4.78, 5) is 12.3. The van der Waals surface area contributed by atoms with Crippen molar-refractivity contribution in [1.82, 2.24) is 4.68 Å². The van der Waals surface area contributed by atoms with E-state index in [1.54, 1.807) is 18.2 Å². The first-order valence-electron chi connectivity index (χ1n) is 6.70. The Labute approximate surface area is 126 Å². The number of pyridine rings is 1. The molecule has 0 radical (unpaired) electrons. The van der Waals surface area contributed by atoms with Gasteiger partial charge < -0.3 is 32.5 Å². The van der Waals surface area contributed by atoms with Crippen molar-refractivity contribution >= 4 is 5.82 Å². The van der Waals surface area contributed by atoms with Crippen molar-refractivity contribution in [3.63, 3.8) is 0 Å². The third-order valence-electron chi connectivity index (χ3n) is 3.72. The van der Waals surface area contributed by atoms with Gasteiger partial charge in [0.25, 0.3) is 5.56 Å². The monoisotopic (exact) mass is 303 g/mol. The first-order chi connectivity index (χ1) is 10.6. The van der Waals surface area contributed by atoms with Crippen LogP contribution in [0, 0.1) is 0 Å². The lowest BCUT2D eigenvalue weighted by atomic mass is 9.95. The van der Waals surface area contributed by atoms with Crippen molar-refractivity contribution in [3.8, 4) is 22.6 Å². The van der Waals surface area contributed by atoms with Crippen LogP contribution in [0.4, 0.5) is 5.82 Å². The molecule has 0 bridgehead atoms. The summed E-state index contributed by atoms with van der Waals surface area (Å²) >= 11 is 0. The molecule has 0 saturated carbocycles. The van der Waals surface area contributed by atoms with Gasteiger partial charge in [-0.05, 0) is 17.7 Å². The van der Waals surface area contributed by atoms with Gasteiger partial charge in [0, 0.05) is 29.8 Å². The molecule has 116 valence electrons. The van der Waals surface area contributed by atoms with Crippen molar-refractivity contribution in [2.75, 3.05) is 18.4 Å². The SMILES string of the molecule is NCc1c(-c2ccc3c(c2)OCO3)c(CN)c(=O)n(N)c1N. The largest absolute Gasteiger partial charge is 0.454 e. The molecule has 0 fully saturated rings. The molecule has 2 heterocycles. The van der Waals surface area contributed by atoms with Crippen molar-refractivity contribution in [2.24, 2.45) is 11.5 Å². The van der Waals surface area contributed by atoms with E-state index < -0.39 is 5.56 Å². The fourth-order valence-corrected chi connectivity index (χ4v) is 2.61. The molecule has 3 rings (SSSR count). The number of hydrogen-bond donors (Lipinski definition) is 4. The van der Waals surface area contributed by atoms with Crippen LogP contribution in [0.5, 0.6) is 11.5 Å². The van der Waals surface area contributed by atoms with E-state index >= 15 is 0 Å². The van der Waals surface area contributed by atoms with Gasteiger partial charge in [0.05, 0.1) is 0 Å². The molecule has 0 amide bonds. The van der Waals surface area contributed by atoms with Crippen LogP contribution in [0.2, 0.25) is 0 Å². The first-order valence-corrected chi connectivity index (χ1v) is 6.70. The minimum atomic E-state index is -0.440. The molecule has 8 heteroatoms. The number of nitrogens with two attached hydrogens (primary N) is 4. The van der Waals surface area contributed by atoms with Crippen LogP contribution in [0.1, 0.15) is 11.1 Å². The maximum absolute atomic E-state index is 12.3. The fraction of sp³-hybridized carbons (Fsp3) is 0.214. The Morgan fingerprint density at radius 3 is 2.45 bits per heavy atom. The highest BCUT2D eigenvalue weighted by atomic mass is 16.7. The number of aromatic nitrogens is 1. The predicted molar refractivity (Wildman–Crippen MR) is 82.6 cm³/mol. The Kier molecular flexibility index (Phi) is 3.39. The molecule has 2 aromatic rings. The van der Waals surface area contributed by atoms with Crippen LogP contribution in [0.3, 0.4) is 0 Å². The molecule has 0 unspecified atom stereocenters. The molecule has 1 aliphatic heterocycles. The van der Waals surface area contributed by atoms with Crippen LogP contribution >= 0.6 is 0 Å². The molecule has 1 aromatic heterocycles. The summed E-state index contributed by atoms with van der Waals surface area (Å²) in [6.07, 6.45) is 0. The smallest absolute Gasteiger partial charge is 0.275 e. The third kappa shape index (κ3) is 1.97. The van der Waals surface area contributed by atoms with Crippen LogP contribution in [0.15, 0.2) is 23.0 Å². The minimum absolute atomic E-state index is 0.0209. The van der Waals surface area contributed by atoms with E-state index in [1.165, 1.54) is 0 Å². The average molecular weight is 303 g/mol. The normalized spacial score (nSPS) is 12.6. The van der Waals surface area contributed by atoms with Gasteiger partial charge in [-0.25, -0.2) is 4.68 Å². The summed E-state index contributed by atoms with van der Waals surface area (Å²) in [5.74, 6) is 7.06. The molecule has 0 atom stereocenters. The molecule has 0 saturated heterocycles. The van der Waals surface area contributed by atoms with E-state index in [9.17, 15) is 4.79 Å². The van der Waals surface area contributed by atoms with Gasteiger partial charge in [0.1, 0.15) is 5.82 Å². The second-order valence-electron chi connectivity index (χ2n) is 4.87. The van der Waals surface area contributed by atoms with Crippen molar-refractivity contribution in [2.45, 2.75) is 13.1 Å². The predicted octanol–water partition coefficient (Wildman–Crippen LogP) is -0.543. The number of rotatable bonds is 3. The number of nitrogens with zero attached hydrogens (tertiary/aromatic N) is 1. The third-order valence-corrected chi connectivity index (χ3v) is 3.72. The summed E-state index contributed by atoms with van der Waals surface area (Å²) in [6.45, 7) is 0.311. The van der Waals surface area contributed by atoms with E-state index in [0.717, 1.165) is 10.2 Å². The lowest BCUT2D eigenvalue weighted by Crippen LogP contribution is -2.35. The molecule has 1 aromatic carbocycles. The summed E-state index contributed by atoms with van der Waals surface area (Å²) in [5.41, 5.74) is 19.3. The summed E-state index contributed by atoms with van der Waals surface area (Å²) in [5, 5.41) is 0. The van der Waals surface area contributed by atoms with Crippen LogP contribution in [0.25, 0.3) is 11.1 Å². The Bertz CT molecular complexity index is 800. The number of anilines is 1. The maximum Gasteiger partial charge on any atom is 0.275 e. The summed E-state index contributed by atoms with van der Waals surface area (Å²) in [7, 11) is 0. The summed E-state index contributed by atoms with van der Waals surface area (Å²) < 4.78 is 11.5. The molecule has 8 nitrogen and oxygen atoms in total. The second-order valence-corrected chi connectivity index (χ2v) is 4.87. The highest BCUT2D eigenvalue weighted by molar-refractivity contribution is 5.77. The van der Waals surface area contributed by atoms with Crippen LogP contribution < -0.4 is 38.1 Å². The summed E-state index contributed by atoms with van der Waals surface area (Å²) in [6, 6.07) is 5.35. The quantitative estimate of drug-likeness (QED) is 0.557. The van der Waals surface area contributed by atoms with E-state index in [4.69, 9.17) is 32.5 Å². The molecular formula is C14H17N5O3. The first kappa shape index (κ1) is 14.2. The molecule has 0 aliphatic carbocycles. The number of nitrogen functional groups attached to an aromatic ring is 2. The minimum Gasteiger partial charge on any atom is -0.454 e. The van der Waals surface area contributed by atoms with E-state index in [-0.39, 0.29) is 25.7 Å². The van der Waals surface area contributed by atoms with E-state index in [1.807, 2.05) is 0 Å². The molecule has 0 spiro atoms. The number of ether oxygens (including phenoxy) is 2. The average Bonchev–Trinajstić information content (AvgIpc) is 3.00. The van der Waals surface area contributed by atoms with E-state index in [2.05, 4.69) is 0 Å². The number of fused-ring (bicyclic) bond motifs is 1. The molecular weight excluding hydrogens is 286 g/mol. The zero-order chi connectivity index (χ0) is 15.9. The lowest BCUT2D eigenvalue weighted by molar-refractivity contribution is 0.174. The van der Waals surface area contributed by atoms with Crippen LogP contribution in [-0.2, 0) is 13.1 Å². The van der Waals surface area contributed by atoms with Crippen molar-refractivity contribution < 1.29 is 9.47 Å². The van der Waals surface area contributed by atoms with Crippen LogP contribution in [-0.4, -0.2) is 11.5 Å². The van der Waals surface area contributed by atoms with Crippen molar-refractivity contribution in [3.05, 3.63) is 39.7 Å². The second kappa shape index (κ2) is 5.24. The molecule has 22 heavy (non-hydrogen) atoms. The lowest BCUT2D eigenvalue weighted by Gasteiger charge is -2.18. The molecule has 8 N–H and O–H groups in total. The van der Waals surface area contributed by atoms with Crippen molar-refractivity contribution in [1.29, 1.82) is 0 Å². The van der Waals surface area contributed by atoms with Gasteiger partial charge in [-0.1, -0.05) is 6.07 Å². The highest BCUT2D eigenvalue weighted by Gasteiger charge is 2.21.